The van der Waals surface area contributed by atoms with Gasteiger partial charge in [-0.2, -0.15) is 0 Å². The molecular formula is C20H20ClNO2. The molecule has 3 nitrogen and oxygen atoms in total. The molecule has 4 heteroatoms. The second kappa shape index (κ2) is 6.80. The van der Waals surface area contributed by atoms with Gasteiger partial charge in [-0.3, -0.25) is 4.98 Å². The number of nitrogens with zero attached hydrogens (tertiary/aromatic N) is 1. The van der Waals surface area contributed by atoms with Crippen LogP contribution in [0.1, 0.15) is 25.0 Å². The van der Waals surface area contributed by atoms with Crippen LogP contribution in [0.4, 0.5) is 0 Å². The summed E-state index contributed by atoms with van der Waals surface area (Å²) in [5.41, 5.74) is 2.61. The first-order chi connectivity index (χ1) is 11.5. The van der Waals surface area contributed by atoms with Crippen LogP contribution in [0.2, 0.25) is 5.02 Å². The molecule has 124 valence electrons. The van der Waals surface area contributed by atoms with Gasteiger partial charge in [0.25, 0.3) is 0 Å². The van der Waals surface area contributed by atoms with Crippen molar-refractivity contribution in [3.8, 4) is 5.75 Å². The lowest BCUT2D eigenvalue weighted by Gasteiger charge is -2.22. The molecule has 0 spiro atoms. The van der Waals surface area contributed by atoms with Gasteiger partial charge in [0.1, 0.15) is 12.4 Å². The van der Waals surface area contributed by atoms with Crippen molar-refractivity contribution in [3.63, 3.8) is 0 Å². The molecule has 0 saturated carbocycles. The summed E-state index contributed by atoms with van der Waals surface area (Å²) in [6, 6.07) is 15.5. The summed E-state index contributed by atoms with van der Waals surface area (Å²) in [5.74, 6) is 0.768. The van der Waals surface area contributed by atoms with Gasteiger partial charge >= 0.3 is 0 Å². The van der Waals surface area contributed by atoms with E-state index in [-0.39, 0.29) is 12.0 Å². The molecule has 0 bridgehead atoms. The number of benzene rings is 2. The molecule has 24 heavy (non-hydrogen) atoms. The van der Waals surface area contributed by atoms with Crippen molar-refractivity contribution in [1.82, 2.24) is 4.98 Å². The Kier molecular flexibility index (Phi) is 4.74. The first kappa shape index (κ1) is 16.7. The molecule has 1 aromatic heterocycles. The van der Waals surface area contributed by atoms with Gasteiger partial charge < -0.3 is 9.84 Å². The zero-order valence-electron chi connectivity index (χ0n) is 13.8. The Hall–Kier alpha value is -2.10. The average Bonchev–Trinajstić information content (AvgIpc) is 2.59. The Bertz CT molecular complexity index is 861. The van der Waals surface area contributed by atoms with Gasteiger partial charge in [0.05, 0.1) is 12.1 Å². The average molecular weight is 342 g/mol. The Labute approximate surface area is 146 Å². The first-order valence-electron chi connectivity index (χ1n) is 7.86. The highest BCUT2D eigenvalue weighted by molar-refractivity contribution is 6.30. The molecule has 0 atom stereocenters. The van der Waals surface area contributed by atoms with Gasteiger partial charge in [0.2, 0.25) is 0 Å². The molecule has 0 unspecified atom stereocenters. The van der Waals surface area contributed by atoms with E-state index >= 15 is 0 Å². The molecule has 0 amide bonds. The number of ether oxygens (including phenoxy) is 1. The van der Waals surface area contributed by atoms with Gasteiger partial charge in [-0.05, 0) is 41.5 Å². The van der Waals surface area contributed by atoms with Crippen molar-refractivity contribution in [2.24, 2.45) is 0 Å². The van der Waals surface area contributed by atoms with Crippen LogP contribution in [0, 0.1) is 0 Å². The van der Waals surface area contributed by atoms with Gasteiger partial charge in [-0.1, -0.05) is 37.6 Å². The summed E-state index contributed by atoms with van der Waals surface area (Å²) in [5, 5.41) is 11.2. The minimum absolute atomic E-state index is 0.0843. The van der Waals surface area contributed by atoms with Crippen LogP contribution in [0.15, 0.2) is 54.7 Å². The fourth-order valence-electron chi connectivity index (χ4n) is 2.45. The minimum atomic E-state index is -0.303. The summed E-state index contributed by atoms with van der Waals surface area (Å²) >= 11 is 5.98. The second-order valence-corrected chi connectivity index (χ2v) is 6.98. The molecule has 0 fully saturated rings. The maximum Gasteiger partial charge on any atom is 0.122 e. The fourth-order valence-corrected chi connectivity index (χ4v) is 2.66. The van der Waals surface area contributed by atoms with Crippen molar-refractivity contribution in [3.05, 3.63) is 70.9 Å². The topological polar surface area (TPSA) is 42.4 Å². The number of fused-ring (bicyclic) bond motifs is 1. The van der Waals surface area contributed by atoms with Crippen LogP contribution in [-0.2, 0) is 12.0 Å². The summed E-state index contributed by atoms with van der Waals surface area (Å²) in [4.78, 5) is 4.51. The van der Waals surface area contributed by atoms with E-state index < -0.39 is 0 Å². The monoisotopic (exact) mass is 341 g/mol. The number of rotatable bonds is 5. The molecule has 0 aliphatic rings. The molecule has 0 saturated heterocycles. The molecular weight excluding hydrogens is 322 g/mol. The molecule has 2 aromatic carbocycles. The number of halogens is 1. The summed E-state index contributed by atoms with van der Waals surface area (Å²) in [6.07, 6.45) is 1.82. The third-order valence-electron chi connectivity index (χ3n) is 4.13. The van der Waals surface area contributed by atoms with Crippen molar-refractivity contribution in [1.29, 1.82) is 0 Å². The number of hydrogen-bond donors (Lipinski definition) is 1. The van der Waals surface area contributed by atoms with E-state index in [1.807, 2.05) is 62.5 Å². The van der Waals surface area contributed by atoms with Gasteiger partial charge in [-0.25, -0.2) is 0 Å². The molecule has 0 aliphatic carbocycles. The predicted octanol–water partition coefficient (Wildman–Crippen LogP) is 4.74. The highest BCUT2D eigenvalue weighted by atomic mass is 35.5. The number of hydrogen-bond acceptors (Lipinski definition) is 3. The van der Waals surface area contributed by atoms with E-state index in [0.717, 1.165) is 27.8 Å². The van der Waals surface area contributed by atoms with E-state index in [9.17, 15) is 5.11 Å². The van der Waals surface area contributed by atoms with Crippen LogP contribution < -0.4 is 4.74 Å². The lowest BCUT2D eigenvalue weighted by Crippen LogP contribution is -2.22. The molecule has 3 rings (SSSR count). The predicted molar refractivity (Wildman–Crippen MR) is 97.6 cm³/mol. The standard InChI is InChI=1S/C20H20ClNO2/c1-20(2,13-23)16-9-15-6-7-18(10-19(15)22-11-16)24-12-14-4-3-5-17(21)8-14/h3-11,23H,12-13H2,1-2H3. The van der Waals surface area contributed by atoms with Crippen molar-refractivity contribution in [2.75, 3.05) is 6.61 Å². The van der Waals surface area contributed by atoms with E-state index in [4.69, 9.17) is 16.3 Å². The van der Waals surface area contributed by atoms with Crippen LogP contribution in [0.25, 0.3) is 10.9 Å². The van der Waals surface area contributed by atoms with Gasteiger partial charge in [-0.15, -0.1) is 0 Å². The maximum atomic E-state index is 9.50. The first-order valence-corrected chi connectivity index (χ1v) is 8.24. The van der Waals surface area contributed by atoms with Crippen LogP contribution in [0.5, 0.6) is 5.75 Å². The summed E-state index contributed by atoms with van der Waals surface area (Å²) < 4.78 is 5.84. The number of aromatic nitrogens is 1. The Morgan fingerprint density at radius 3 is 2.71 bits per heavy atom. The lowest BCUT2D eigenvalue weighted by molar-refractivity contribution is 0.218. The van der Waals surface area contributed by atoms with E-state index in [1.165, 1.54) is 0 Å². The quantitative estimate of drug-likeness (QED) is 0.729. The SMILES string of the molecule is CC(C)(CO)c1cnc2cc(OCc3cccc(Cl)c3)ccc2c1. The minimum Gasteiger partial charge on any atom is -0.489 e. The van der Waals surface area contributed by atoms with E-state index in [0.29, 0.717) is 11.6 Å². The zero-order chi connectivity index (χ0) is 17.2. The fraction of sp³-hybridized carbons (Fsp3) is 0.250. The second-order valence-electron chi connectivity index (χ2n) is 6.54. The van der Waals surface area contributed by atoms with Crippen LogP contribution >= 0.6 is 11.6 Å². The highest BCUT2D eigenvalue weighted by Crippen LogP contribution is 2.27. The highest BCUT2D eigenvalue weighted by Gasteiger charge is 2.20. The third-order valence-corrected chi connectivity index (χ3v) is 4.36. The number of aliphatic hydroxyl groups is 1. The molecule has 1 heterocycles. The number of aliphatic hydroxyl groups excluding tert-OH is 1. The summed E-state index contributed by atoms with van der Waals surface area (Å²) in [6.45, 7) is 4.54. The smallest absolute Gasteiger partial charge is 0.122 e. The molecule has 0 radical (unpaired) electrons. The Balaban J connectivity index is 1.80. The van der Waals surface area contributed by atoms with Crippen LogP contribution in [-0.4, -0.2) is 16.7 Å². The molecule has 0 aliphatic heterocycles. The van der Waals surface area contributed by atoms with E-state index in [2.05, 4.69) is 11.1 Å². The maximum absolute atomic E-state index is 9.50. The third kappa shape index (κ3) is 3.69. The van der Waals surface area contributed by atoms with Crippen molar-refractivity contribution >= 4 is 22.5 Å². The lowest BCUT2D eigenvalue weighted by atomic mass is 9.86. The summed E-state index contributed by atoms with van der Waals surface area (Å²) in [7, 11) is 0. The zero-order valence-corrected chi connectivity index (χ0v) is 14.5. The Morgan fingerprint density at radius 2 is 1.96 bits per heavy atom. The van der Waals surface area contributed by atoms with Gasteiger partial charge in [0, 0.05) is 28.1 Å². The van der Waals surface area contributed by atoms with Crippen molar-refractivity contribution in [2.45, 2.75) is 25.9 Å². The van der Waals surface area contributed by atoms with Crippen LogP contribution in [0.3, 0.4) is 0 Å². The Morgan fingerprint density at radius 1 is 1.12 bits per heavy atom. The van der Waals surface area contributed by atoms with E-state index in [1.54, 1.807) is 0 Å². The van der Waals surface area contributed by atoms with Gasteiger partial charge in [0.15, 0.2) is 0 Å². The largest absolute Gasteiger partial charge is 0.489 e. The van der Waals surface area contributed by atoms with Crippen molar-refractivity contribution < 1.29 is 9.84 Å². The number of pyridine rings is 1. The normalized spacial score (nSPS) is 11.7. The molecule has 1 N–H and O–H groups in total. The molecule has 3 aromatic rings.